The molecule has 1 atom stereocenters. The number of nitrogens with zero attached hydrogens (tertiary/aromatic N) is 2. The zero-order valence-electron chi connectivity index (χ0n) is 12.1. The van der Waals surface area contributed by atoms with Crippen molar-refractivity contribution < 1.29 is 9.90 Å². The lowest BCUT2D eigenvalue weighted by Gasteiger charge is -2.30. The summed E-state index contributed by atoms with van der Waals surface area (Å²) in [6.45, 7) is 10.6. The van der Waals surface area contributed by atoms with E-state index in [2.05, 4.69) is 37.2 Å². The molecule has 0 amide bonds. The summed E-state index contributed by atoms with van der Waals surface area (Å²) in [5.41, 5.74) is 1.81. The first-order chi connectivity index (χ1) is 8.73. The Morgan fingerprint density at radius 3 is 2.53 bits per heavy atom. The molecule has 0 bridgehead atoms. The van der Waals surface area contributed by atoms with Crippen molar-refractivity contribution in [2.45, 2.75) is 40.7 Å². The maximum Gasteiger partial charge on any atom is 0.337 e. The molecule has 0 spiro atoms. The summed E-state index contributed by atoms with van der Waals surface area (Å²) in [6, 6.07) is 5.55. The number of aromatic carboxylic acids is 1. The number of rotatable bonds is 2. The molecule has 1 unspecified atom stereocenters. The minimum atomic E-state index is -0.932. The molecule has 0 aliphatic heterocycles. The Morgan fingerprint density at radius 1 is 1.37 bits per heavy atom. The van der Waals surface area contributed by atoms with E-state index in [1.54, 1.807) is 12.1 Å². The van der Waals surface area contributed by atoms with Crippen molar-refractivity contribution >= 4 is 17.0 Å². The third kappa shape index (κ3) is 2.23. The molecule has 2 aromatic rings. The average Bonchev–Trinajstić information content (AvgIpc) is 2.61. The summed E-state index contributed by atoms with van der Waals surface area (Å²) in [6.07, 6.45) is 0. The molecule has 0 radical (unpaired) electrons. The van der Waals surface area contributed by atoms with Crippen molar-refractivity contribution in [1.82, 2.24) is 9.55 Å². The Morgan fingerprint density at radius 2 is 2.00 bits per heavy atom. The van der Waals surface area contributed by atoms with Crippen molar-refractivity contribution in [3.8, 4) is 0 Å². The second kappa shape index (κ2) is 4.37. The zero-order chi connectivity index (χ0) is 14.4. The molecule has 0 fully saturated rings. The van der Waals surface area contributed by atoms with Gasteiger partial charge in [-0.1, -0.05) is 26.8 Å². The topological polar surface area (TPSA) is 55.1 Å². The third-order valence-corrected chi connectivity index (χ3v) is 3.77. The lowest BCUT2D eigenvalue weighted by atomic mass is 9.87. The van der Waals surface area contributed by atoms with E-state index in [0.717, 1.165) is 11.3 Å². The van der Waals surface area contributed by atoms with Crippen LogP contribution in [0.2, 0.25) is 0 Å². The zero-order valence-corrected chi connectivity index (χ0v) is 12.1. The van der Waals surface area contributed by atoms with E-state index in [1.807, 2.05) is 13.0 Å². The van der Waals surface area contributed by atoms with E-state index in [1.165, 1.54) is 0 Å². The number of hydrogen-bond donors (Lipinski definition) is 1. The number of aromatic nitrogens is 2. The van der Waals surface area contributed by atoms with Crippen LogP contribution in [-0.2, 0) is 0 Å². The minimum Gasteiger partial charge on any atom is -0.478 e. The van der Waals surface area contributed by atoms with E-state index in [0.29, 0.717) is 5.52 Å². The van der Waals surface area contributed by atoms with Crippen molar-refractivity contribution in [2.24, 2.45) is 5.41 Å². The maximum atomic E-state index is 11.3. The molecule has 4 nitrogen and oxygen atoms in total. The second-order valence-electron chi connectivity index (χ2n) is 6.05. The van der Waals surface area contributed by atoms with Crippen LogP contribution < -0.4 is 0 Å². The molecule has 4 heteroatoms. The first-order valence-electron chi connectivity index (χ1n) is 6.44. The molecule has 0 saturated heterocycles. The minimum absolute atomic E-state index is 0.0810. The van der Waals surface area contributed by atoms with Crippen LogP contribution in [-0.4, -0.2) is 20.6 Å². The molecule has 1 N–H and O–H groups in total. The van der Waals surface area contributed by atoms with Crippen LogP contribution in [0.25, 0.3) is 11.0 Å². The number of aryl methyl sites for hydroxylation is 1. The number of carbonyl (C=O) groups is 1. The van der Waals surface area contributed by atoms with Crippen molar-refractivity contribution in [3.63, 3.8) is 0 Å². The Labute approximate surface area is 113 Å². The van der Waals surface area contributed by atoms with Crippen LogP contribution in [0.1, 0.15) is 49.9 Å². The van der Waals surface area contributed by atoms with Crippen LogP contribution >= 0.6 is 0 Å². The Balaban J connectivity index is 2.74. The van der Waals surface area contributed by atoms with Gasteiger partial charge < -0.3 is 9.67 Å². The van der Waals surface area contributed by atoms with Crippen molar-refractivity contribution in [2.75, 3.05) is 0 Å². The van der Waals surface area contributed by atoms with Gasteiger partial charge in [-0.3, -0.25) is 0 Å². The van der Waals surface area contributed by atoms with E-state index in [9.17, 15) is 9.90 Å². The highest BCUT2D eigenvalue weighted by Crippen LogP contribution is 2.34. The molecule has 2 rings (SSSR count). The lowest BCUT2D eigenvalue weighted by Crippen LogP contribution is -2.22. The first-order valence-corrected chi connectivity index (χ1v) is 6.44. The van der Waals surface area contributed by atoms with Gasteiger partial charge in [0.05, 0.1) is 11.1 Å². The van der Waals surface area contributed by atoms with E-state index >= 15 is 0 Å². The summed E-state index contributed by atoms with van der Waals surface area (Å²) >= 11 is 0. The van der Waals surface area contributed by atoms with E-state index in [-0.39, 0.29) is 17.0 Å². The number of carboxylic acid groups (broad SMARTS) is 1. The molecule has 19 heavy (non-hydrogen) atoms. The summed E-state index contributed by atoms with van der Waals surface area (Å²) in [5.74, 6) is -0.0789. The van der Waals surface area contributed by atoms with Crippen LogP contribution in [0.5, 0.6) is 0 Å². The molecular weight excluding hydrogens is 240 g/mol. The molecule has 0 aliphatic carbocycles. The molecule has 0 aliphatic rings. The van der Waals surface area contributed by atoms with Crippen molar-refractivity contribution in [3.05, 3.63) is 29.6 Å². The number of para-hydroxylation sites is 1. The fourth-order valence-electron chi connectivity index (χ4n) is 2.28. The van der Waals surface area contributed by atoms with Gasteiger partial charge in [-0.15, -0.1) is 0 Å². The van der Waals surface area contributed by atoms with E-state index in [4.69, 9.17) is 0 Å². The Kier molecular flexibility index (Phi) is 3.12. The van der Waals surface area contributed by atoms with Gasteiger partial charge in [0.25, 0.3) is 0 Å². The van der Waals surface area contributed by atoms with Gasteiger partial charge in [-0.25, -0.2) is 9.78 Å². The van der Waals surface area contributed by atoms with Gasteiger partial charge in [0, 0.05) is 6.04 Å². The molecule has 102 valence electrons. The highest BCUT2D eigenvalue weighted by molar-refractivity contribution is 6.01. The van der Waals surface area contributed by atoms with Crippen LogP contribution in [0, 0.1) is 12.3 Å². The summed E-state index contributed by atoms with van der Waals surface area (Å²) in [5, 5.41) is 9.23. The maximum absolute atomic E-state index is 11.3. The van der Waals surface area contributed by atoms with Crippen LogP contribution in [0.4, 0.5) is 0 Å². The largest absolute Gasteiger partial charge is 0.478 e. The number of fused-ring (bicyclic) bond motifs is 1. The third-order valence-electron chi connectivity index (χ3n) is 3.77. The van der Waals surface area contributed by atoms with Gasteiger partial charge in [0.1, 0.15) is 11.3 Å². The predicted molar refractivity (Wildman–Crippen MR) is 75.6 cm³/mol. The van der Waals surface area contributed by atoms with Crippen LogP contribution in [0.3, 0.4) is 0 Å². The van der Waals surface area contributed by atoms with Gasteiger partial charge >= 0.3 is 5.97 Å². The molecular formula is C15H20N2O2. The summed E-state index contributed by atoms with van der Waals surface area (Å²) in [4.78, 5) is 15.7. The fourth-order valence-corrected chi connectivity index (χ4v) is 2.28. The van der Waals surface area contributed by atoms with Crippen LogP contribution in [0.15, 0.2) is 18.2 Å². The molecule has 1 heterocycles. The van der Waals surface area contributed by atoms with Gasteiger partial charge in [0.2, 0.25) is 0 Å². The molecule has 1 aromatic heterocycles. The predicted octanol–water partition coefficient (Wildman–Crippen LogP) is 3.65. The fraction of sp³-hybridized carbons (Fsp3) is 0.467. The highest BCUT2D eigenvalue weighted by Gasteiger charge is 2.25. The standard InChI is InChI=1S/C15H20N2O2/c1-9(15(3,4)5)17-10(2)16-13-11(14(18)19)7-6-8-12(13)17/h6-9H,1-5H3,(H,18,19). The number of carboxylic acids is 1. The van der Waals surface area contributed by atoms with E-state index < -0.39 is 5.97 Å². The average molecular weight is 260 g/mol. The van der Waals surface area contributed by atoms with Gasteiger partial charge in [-0.05, 0) is 31.4 Å². The smallest absolute Gasteiger partial charge is 0.337 e. The summed E-state index contributed by atoms with van der Waals surface area (Å²) in [7, 11) is 0. The molecule has 1 aromatic carbocycles. The monoisotopic (exact) mass is 260 g/mol. The van der Waals surface area contributed by atoms with Gasteiger partial charge in [0.15, 0.2) is 0 Å². The summed E-state index contributed by atoms with van der Waals surface area (Å²) < 4.78 is 2.13. The Hall–Kier alpha value is -1.84. The number of imidazole rings is 1. The lowest BCUT2D eigenvalue weighted by molar-refractivity contribution is 0.0699. The Bertz CT molecular complexity index is 635. The first kappa shape index (κ1) is 13.6. The van der Waals surface area contributed by atoms with Gasteiger partial charge in [-0.2, -0.15) is 0 Å². The van der Waals surface area contributed by atoms with Crippen molar-refractivity contribution in [1.29, 1.82) is 0 Å². The normalized spacial score (nSPS) is 13.7. The molecule has 0 saturated carbocycles. The number of benzene rings is 1. The quantitative estimate of drug-likeness (QED) is 0.896. The second-order valence-corrected chi connectivity index (χ2v) is 6.05. The highest BCUT2D eigenvalue weighted by atomic mass is 16.4. The number of hydrogen-bond acceptors (Lipinski definition) is 2. The SMILES string of the molecule is Cc1nc2c(C(=O)O)cccc2n1C(C)C(C)(C)C.